The van der Waals surface area contributed by atoms with E-state index < -0.39 is 10.0 Å². The van der Waals surface area contributed by atoms with Crippen molar-refractivity contribution in [3.8, 4) is 0 Å². The molecule has 0 aliphatic carbocycles. The molecule has 0 saturated carbocycles. The van der Waals surface area contributed by atoms with Crippen molar-refractivity contribution in [2.24, 2.45) is 0 Å². The van der Waals surface area contributed by atoms with Crippen LogP contribution in [0.3, 0.4) is 0 Å². The van der Waals surface area contributed by atoms with Crippen LogP contribution in [0.4, 0.5) is 11.4 Å². The minimum atomic E-state index is -3.25. The van der Waals surface area contributed by atoms with Gasteiger partial charge in [-0.3, -0.25) is 4.79 Å². The summed E-state index contributed by atoms with van der Waals surface area (Å²) in [6, 6.07) is 24.7. The van der Waals surface area contributed by atoms with Crippen LogP contribution in [0.5, 0.6) is 0 Å². The number of hydrogen-bond acceptors (Lipinski definition) is 4. The molecule has 3 aromatic carbocycles. The highest BCUT2D eigenvalue weighted by atomic mass is 32.2. The van der Waals surface area contributed by atoms with Crippen LogP contribution < -0.4 is 15.4 Å². The summed E-state index contributed by atoms with van der Waals surface area (Å²) in [5, 5.41) is 6.31. The fourth-order valence-electron chi connectivity index (χ4n) is 3.31. The second-order valence-electron chi connectivity index (χ2n) is 7.03. The van der Waals surface area contributed by atoms with Gasteiger partial charge in [0.25, 0.3) is 5.91 Å². The van der Waals surface area contributed by atoms with E-state index in [2.05, 4.69) is 15.4 Å². The van der Waals surface area contributed by atoms with Gasteiger partial charge in [0, 0.05) is 23.5 Å². The summed E-state index contributed by atoms with van der Waals surface area (Å²) in [5.41, 5.74) is 5.45. The van der Waals surface area contributed by atoms with Crippen LogP contribution in [-0.2, 0) is 21.4 Å². The molecule has 3 N–H and O–H groups in total. The molecule has 1 heterocycles. The molecule has 0 bridgehead atoms. The predicted molar refractivity (Wildman–Crippen MR) is 120 cm³/mol. The lowest BCUT2D eigenvalue weighted by molar-refractivity contribution is -0.110. The van der Waals surface area contributed by atoms with Gasteiger partial charge in [-0.05, 0) is 29.3 Å². The summed E-state index contributed by atoms with van der Waals surface area (Å²) in [5.74, 6) is -0.156. The van der Waals surface area contributed by atoms with E-state index in [1.807, 2.05) is 78.9 Å². The largest absolute Gasteiger partial charge is 0.354 e. The molecule has 0 unspecified atom stereocenters. The number of fused-ring (bicyclic) bond motifs is 1. The molecule has 0 atom stereocenters. The number of rotatable bonds is 6. The van der Waals surface area contributed by atoms with Crippen LogP contribution in [-0.4, -0.2) is 20.6 Å². The molecule has 0 saturated heterocycles. The first-order chi connectivity index (χ1) is 14.4. The zero-order valence-corrected chi connectivity index (χ0v) is 17.2. The van der Waals surface area contributed by atoms with E-state index in [1.54, 1.807) is 0 Å². The highest BCUT2D eigenvalue weighted by molar-refractivity contribution is 7.88. The average Bonchev–Trinajstić information content (AvgIpc) is 3.07. The van der Waals surface area contributed by atoms with E-state index in [0.29, 0.717) is 11.3 Å². The van der Waals surface area contributed by atoms with Crippen LogP contribution in [0.1, 0.15) is 16.7 Å². The Kier molecular flexibility index (Phi) is 5.39. The second-order valence-corrected chi connectivity index (χ2v) is 8.86. The van der Waals surface area contributed by atoms with Crippen LogP contribution in [0.2, 0.25) is 0 Å². The van der Waals surface area contributed by atoms with Gasteiger partial charge < -0.3 is 10.6 Å². The maximum Gasteiger partial charge on any atom is 0.258 e. The summed E-state index contributed by atoms with van der Waals surface area (Å²) in [7, 11) is -3.25. The zero-order valence-electron chi connectivity index (χ0n) is 16.3. The standard InChI is InChI=1S/C23H21N3O3S/c1-30(28,29)24-15-16-11-13-18(14-12-16)25-22(17-7-3-2-4-8-17)21-19-9-5-6-10-20(19)26-23(21)27/h2-14,24-25H,15H2,1H3,(H,26,27)/b22-21-. The Labute approximate surface area is 175 Å². The van der Waals surface area contributed by atoms with E-state index in [-0.39, 0.29) is 12.5 Å². The van der Waals surface area contributed by atoms with Gasteiger partial charge >= 0.3 is 0 Å². The van der Waals surface area contributed by atoms with Gasteiger partial charge in [-0.15, -0.1) is 0 Å². The van der Waals surface area contributed by atoms with Gasteiger partial charge in [0.2, 0.25) is 10.0 Å². The van der Waals surface area contributed by atoms with Gasteiger partial charge in [-0.25, -0.2) is 13.1 Å². The third-order valence-electron chi connectivity index (χ3n) is 4.75. The number of benzene rings is 3. The SMILES string of the molecule is CS(=O)(=O)NCc1ccc(N/C(=C2\C(=O)Nc3ccccc32)c2ccccc2)cc1. The van der Waals surface area contributed by atoms with E-state index >= 15 is 0 Å². The number of sulfonamides is 1. The first-order valence-electron chi connectivity index (χ1n) is 9.42. The monoisotopic (exact) mass is 419 g/mol. The number of carbonyl (C=O) groups is 1. The normalized spacial score (nSPS) is 14.8. The van der Waals surface area contributed by atoms with Crippen molar-refractivity contribution >= 4 is 38.6 Å². The van der Waals surface area contributed by atoms with Crippen molar-refractivity contribution in [3.63, 3.8) is 0 Å². The van der Waals surface area contributed by atoms with E-state index in [9.17, 15) is 13.2 Å². The molecule has 0 fully saturated rings. The molecule has 1 aliphatic rings. The summed E-state index contributed by atoms with van der Waals surface area (Å²) >= 11 is 0. The van der Waals surface area contributed by atoms with Crippen molar-refractivity contribution in [2.75, 3.05) is 16.9 Å². The van der Waals surface area contributed by atoms with E-state index in [0.717, 1.165) is 34.3 Å². The van der Waals surface area contributed by atoms with Crippen LogP contribution in [0.15, 0.2) is 78.9 Å². The fourth-order valence-corrected chi connectivity index (χ4v) is 3.74. The number of carbonyl (C=O) groups excluding carboxylic acids is 1. The first-order valence-corrected chi connectivity index (χ1v) is 11.3. The minimum Gasteiger partial charge on any atom is -0.354 e. The first kappa shape index (κ1) is 19.9. The van der Waals surface area contributed by atoms with Crippen LogP contribution in [0, 0.1) is 0 Å². The summed E-state index contributed by atoms with van der Waals surface area (Å²) in [6.45, 7) is 0.224. The summed E-state index contributed by atoms with van der Waals surface area (Å²) < 4.78 is 25.0. The van der Waals surface area contributed by atoms with Crippen LogP contribution >= 0.6 is 0 Å². The quantitative estimate of drug-likeness (QED) is 0.532. The average molecular weight is 420 g/mol. The number of nitrogens with one attached hydrogen (secondary N) is 3. The minimum absolute atomic E-state index is 0.156. The van der Waals surface area contributed by atoms with Crippen LogP contribution in [0.25, 0.3) is 11.3 Å². The third-order valence-corrected chi connectivity index (χ3v) is 5.41. The molecule has 30 heavy (non-hydrogen) atoms. The molecule has 0 aromatic heterocycles. The highest BCUT2D eigenvalue weighted by Gasteiger charge is 2.27. The Morgan fingerprint density at radius 1 is 0.900 bits per heavy atom. The molecule has 6 nitrogen and oxygen atoms in total. The zero-order chi connectivity index (χ0) is 21.1. The van der Waals surface area contributed by atoms with E-state index in [1.165, 1.54) is 0 Å². The molecular formula is C23H21N3O3S. The Morgan fingerprint density at radius 3 is 2.27 bits per heavy atom. The maximum absolute atomic E-state index is 12.8. The second kappa shape index (κ2) is 8.14. The van der Waals surface area contributed by atoms with Crippen molar-refractivity contribution in [2.45, 2.75) is 6.54 Å². The van der Waals surface area contributed by atoms with Gasteiger partial charge in [0.15, 0.2) is 0 Å². The van der Waals surface area contributed by atoms with Gasteiger partial charge in [0.05, 0.1) is 17.5 Å². The number of anilines is 2. The topological polar surface area (TPSA) is 87.3 Å². The number of hydrogen-bond donors (Lipinski definition) is 3. The molecule has 4 rings (SSSR count). The van der Waals surface area contributed by atoms with Crippen molar-refractivity contribution in [1.29, 1.82) is 0 Å². The van der Waals surface area contributed by atoms with Gasteiger partial charge in [0.1, 0.15) is 0 Å². The molecule has 3 aromatic rings. The molecule has 152 valence electrons. The Balaban J connectivity index is 1.70. The smallest absolute Gasteiger partial charge is 0.258 e. The molecule has 1 aliphatic heterocycles. The lowest BCUT2D eigenvalue weighted by Crippen LogP contribution is -2.21. The lowest BCUT2D eigenvalue weighted by Gasteiger charge is -2.15. The molecular weight excluding hydrogens is 398 g/mol. The summed E-state index contributed by atoms with van der Waals surface area (Å²) in [6.07, 6.45) is 1.13. The summed E-state index contributed by atoms with van der Waals surface area (Å²) in [4.78, 5) is 12.8. The van der Waals surface area contributed by atoms with Crippen molar-refractivity contribution in [1.82, 2.24) is 4.72 Å². The molecule has 7 heteroatoms. The maximum atomic E-state index is 12.8. The number of amides is 1. The Hall–Kier alpha value is -3.42. The van der Waals surface area contributed by atoms with Crippen molar-refractivity contribution < 1.29 is 13.2 Å². The predicted octanol–water partition coefficient (Wildman–Crippen LogP) is 3.67. The molecule has 0 radical (unpaired) electrons. The van der Waals surface area contributed by atoms with E-state index in [4.69, 9.17) is 0 Å². The molecule has 0 spiro atoms. The Bertz CT molecular complexity index is 1220. The van der Waals surface area contributed by atoms with Gasteiger partial charge in [-0.1, -0.05) is 60.7 Å². The number of para-hydroxylation sites is 1. The molecule has 1 amide bonds. The lowest BCUT2D eigenvalue weighted by atomic mass is 10.00. The third kappa shape index (κ3) is 4.42. The van der Waals surface area contributed by atoms with Gasteiger partial charge in [-0.2, -0.15) is 0 Å². The fraction of sp³-hybridized carbons (Fsp3) is 0.0870. The highest BCUT2D eigenvalue weighted by Crippen LogP contribution is 2.37. The van der Waals surface area contributed by atoms with Crippen molar-refractivity contribution in [3.05, 3.63) is 95.6 Å². The Morgan fingerprint density at radius 2 is 1.57 bits per heavy atom.